The summed E-state index contributed by atoms with van der Waals surface area (Å²) in [6.45, 7) is 2.89. The highest BCUT2D eigenvalue weighted by atomic mass is 16.1. The minimum atomic E-state index is 0.0779. The summed E-state index contributed by atoms with van der Waals surface area (Å²) >= 11 is 0. The molecule has 4 heteroatoms. The van der Waals surface area contributed by atoms with Crippen molar-refractivity contribution in [2.45, 2.75) is 25.9 Å². The van der Waals surface area contributed by atoms with Gasteiger partial charge in [-0.05, 0) is 31.7 Å². The Hall–Kier alpha value is -1.42. The molecular formula is C12H19N3O. The molecule has 0 aliphatic heterocycles. The van der Waals surface area contributed by atoms with E-state index in [-0.39, 0.29) is 11.9 Å². The van der Waals surface area contributed by atoms with E-state index >= 15 is 0 Å². The van der Waals surface area contributed by atoms with Gasteiger partial charge in [-0.25, -0.2) is 0 Å². The molecule has 0 bridgehead atoms. The van der Waals surface area contributed by atoms with Crippen molar-refractivity contribution in [3.05, 3.63) is 30.1 Å². The van der Waals surface area contributed by atoms with Crippen LogP contribution in [0.25, 0.3) is 0 Å². The lowest BCUT2D eigenvalue weighted by Gasteiger charge is -2.23. The van der Waals surface area contributed by atoms with Crippen molar-refractivity contribution in [1.82, 2.24) is 15.2 Å². The molecule has 1 heterocycles. The highest BCUT2D eigenvalue weighted by Gasteiger charge is 2.12. The number of amides is 1. The van der Waals surface area contributed by atoms with Crippen molar-refractivity contribution in [3.63, 3.8) is 0 Å². The molecule has 1 unspecified atom stereocenters. The fraction of sp³-hybridized carbons (Fsp3) is 0.500. The van der Waals surface area contributed by atoms with E-state index in [9.17, 15) is 4.79 Å². The predicted molar refractivity (Wildman–Crippen MR) is 63.8 cm³/mol. The van der Waals surface area contributed by atoms with E-state index in [1.54, 1.807) is 19.4 Å². The van der Waals surface area contributed by atoms with Crippen molar-refractivity contribution in [2.24, 2.45) is 0 Å². The van der Waals surface area contributed by atoms with Crippen LogP contribution in [-0.2, 0) is 11.3 Å². The van der Waals surface area contributed by atoms with E-state index in [1.165, 1.54) is 5.56 Å². The van der Waals surface area contributed by atoms with Gasteiger partial charge in [-0.15, -0.1) is 0 Å². The number of nitrogens with zero attached hydrogens (tertiary/aromatic N) is 2. The minimum Gasteiger partial charge on any atom is -0.359 e. The zero-order valence-electron chi connectivity index (χ0n) is 10.1. The minimum absolute atomic E-state index is 0.0779. The maximum Gasteiger partial charge on any atom is 0.221 e. The lowest BCUT2D eigenvalue weighted by molar-refractivity contribution is -0.121. The third-order valence-electron chi connectivity index (χ3n) is 2.69. The Balaban J connectivity index is 2.46. The molecule has 1 N–H and O–H groups in total. The normalized spacial score (nSPS) is 12.5. The SMILES string of the molecule is CNC(=O)CC(C)N(C)Cc1ccncc1. The second-order valence-electron chi connectivity index (χ2n) is 4.00. The number of carbonyl (C=O) groups is 1. The van der Waals surface area contributed by atoms with Crippen LogP contribution in [0.4, 0.5) is 0 Å². The molecule has 1 amide bonds. The van der Waals surface area contributed by atoms with Crippen molar-refractivity contribution < 1.29 is 4.79 Å². The Bertz CT molecular complexity index is 326. The van der Waals surface area contributed by atoms with E-state index in [1.807, 2.05) is 19.2 Å². The van der Waals surface area contributed by atoms with E-state index in [4.69, 9.17) is 0 Å². The Labute approximate surface area is 96.7 Å². The maximum absolute atomic E-state index is 11.2. The molecule has 1 aromatic heterocycles. The third kappa shape index (κ3) is 3.98. The summed E-state index contributed by atoms with van der Waals surface area (Å²) < 4.78 is 0. The molecule has 0 saturated carbocycles. The topological polar surface area (TPSA) is 45.2 Å². The van der Waals surface area contributed by atoms with Gasteiger partial charge in [0, 0.05) is 38.4 Å². The second-order valence-corrected chi connectivity index (χ2v) is 4.00. The average Bonchev–Trinajstić information content (AvgIpc) is 2.30. The summed E-state index contributed by atoms with van der Waals surface area (Å²) in [5.74, 6) is 0.0779. The average molecular weight is 221 g/mol. The summed E-state index contributed by atoms with van der Waals surface area (Å²) in [5, 5.41) is 2.64. The van der Waals surface area contributed by atoms with Crippen LogP contribution in [0, 0.1) is 0 Å². The number of hydrogen-bond donors (Lipinski definition) is 1. The molecule has 0 aliphatic rings. The number of aromatic nitrogens is 1. The van der Waals surface area contributed by atoms with Crippen LogP contribution in [0.2, 0.25) is 0 Å². The Morgan fingerprint density at radius 2 is 2.12 bits per heavy atom. The van der Waals surface area contributed by atoms with Gasteiger partial charge in [0.15, 0.2) is 0 Å². The molecule has 0 aromatic carbocycles. The molecule has 4 nitrogen and oxygen atoms in total. The van der Waals surface area contributed by atoms with Crippen LogP contribution in [0.5, 0.6) is 0 Å². The summed E-state index contributed by atoms with van der Waals surface area (Å²) in [6, 6.07) is 4.21. The number of nitrogens with one attached hydrogen (secondary N) is 1. The molecule has 1 atom stereocenters. The van der Waals surface area contributed by atoms with Crippen molar-refractivity contribution in [1.29, 1.82) is 0 Å². The molecule has 88 valence electrons. The Kier molecular flexibility index (Phi) is 4.92. The zero-order chi connectivity index (χ0) is 12.0. The maximum atomic E-state index is 11.2. The summed E-state index contributed by atoms with van der Waals surface area (Å²) in [5.41, 5.74) is 1.21. The summed E-state index contributed by atoms with van der Waals surface area (Å²) in [4.78, 5) is 17.4. The first-order chi connectivity index (χ1) is 7.63. The first kappa shape index (κ1) is 12.6. The molecule has 0 saturated heterocycles. The quantitative estimate of drug-likeness (QED) is 0.808. The summed E-state index contributed by atoms with van der Waals surface area (Å²) in [7, 11) is 3.69. The van der Waals surface area contributed by atoms with Gasteiger partial charge in [-0.1, -0.05) is 0 Å². The van der Waals surface area contributed by atoms with Crippen molar-refractivity contribution in [3.8, 4) is 0 Å². The predicted octanol–water partition coefficient (Wildman–Crippen LogP) is 1.04. The van der Waals surface area contributed by atoms with Gasteiger partial charge in [0.1, 0.15) is 0 Å². The highest BCUT2D eigenvalue weighted by Crippen LogP contribution is 2.07. The van der Waals surface area contributed by atoms with Crippen molar-refractivity contribution >= 4 is 5.91 Å². The molecule has 0 fully saturated rings. The molecule has 0 spiro atoms. The molecule has 16 heavy (non-hydrogen) atoms. The van der Waals surface area contributed by atoms with Crippen LogP contribution in [0.15, 0.2) is 24.5 Å². The van der Waals surface area contributed by atoms with Gasteiger partial charge < -0.3 is 5.32 Å². The van der Waals surface area contributed by atoms with Gasteiger partial charge in [-0.2, -0.15) is 0 Å². The van der Waals surface area contributed by atoms with Crippen molar-refractivity contribution in [2.75, 3.05) is 14.1 Å². The Morgan fingerprint density at radius 1 is 1.50 bits per heavy atom. The molecule has 0 aliphatic carbocycles. The van der Waals surface area contributed by atoms with Crippen LogP contribution in [0.1, 0.15) is 18.9 Å². The number of carbonyl (C=O) groups excluding carboxylic acids is 1. The second kappa shape index (κ2) is 6.23. The standard InChI is InChI=1S/C12H19N3O/c1-10(8-12(16)13-2)15(3)9-11-4-6-14-7-5-11/h4-7,10H,8-9H2,1-3H3,(H,13,16). The smallest absolute Gasteiger partial charge is 0.221 e. The highest BCUT2D eigenvalue weighted by molar-refractivity contribution is 5.76. The lowest BCUT2D eigenvalue weighted by Crippen LogP contribution is -2.33. The van der Waals surface area contributed by atoms with Crippen LogP contribution in [0.3, 0.4) is 0 Å². The van der Waals surface area contributed by atoms with Gasteiger partial charge in [-0.3, -0.25) is 14.7 Å². The number of rotatable bonds is 5. The Morgan fingerprint density at radius 3 is 2.69 bits per heavy atom. The molecule has 1 rings (SSSR count). The van der Waals surface area contributed by atoms with Gasteiger partial charge in [0.05, 0.1) is 0 Å². The lowest BCUT2D eigenvalue weighted by atomic mass is 10.1. The zero-order valence-corrected chi connectivity index (χ0v) is 10.1. The van der Waals surface area contributed by atoms with Gasteiger partial charge in [0.2, 0.25) is 5.91 Å². The van der Waals surface area contributed by atoms with E-state index < -0.39 is 0 Å². The molecule has 0 radical (unpaired) electrons. The van der Waals surface area contributed by atoms with E-state index in [0.29, 0.717) is 6.42 Å². The van der Waals surface area contributed by atoms with Gasteiger partial charge >= 0.3 is 0 Å². The fourth-order valence-corrected chi connectivity index (χ4v) is 1.46. The molecule has 1 aromatic rings. The van der Waals surface area contributed by atoms with Crippen LogP contribution in [-0.4, -0.2) is 35.9 Å². The van der Waals surface area contributed by atoms with E-state index in [2.05, 4.69) is 22.1 Å². The summed E-state index contributed by atoms with van der Waals surface area (Å²) in [6.07, 6.45) is 4.09. The first-order valence-electron chi connectivity index (χ1n) is 5.43. The fourth-order valence-electron chi connectivity index (χ4n) is 1.46. The van der Waals surface area contributed by atoms with Crippen LogP contribution >= 0.6 is 0 Å². The number of pyridine rings is 1. The van der Waals surface area contributed by atoms with Gasteiger partial charge in [0.25, 0.3) is 0 Å². The first-order valence-corrected chi connectivity index (χ1v) is 5.43. The third-order valence-corrected chi connectivity index (χ3v) is 2.69. The molecular weight excluding hydrogens is 202 g/mol. The van der Waals surface area contributed by atoms with Crippen LogP contribution < -0.4 is 5.32 Å². The number of hydrogen-bond acceptors (Lipinski definition) is 3. The monoisotopic (exact) mass is 221 g/mol. The van der Waals surface area contributed by atoms with E-state index in [0.717, 1.165) is 6.54 Å². The largest absolute Gasteiger partial charge is 0.359 e.